The van der Waals surface area contributed by atoms with Crippen molar-refractivity contribution in [2.24, 2.45) is 0 Å². The summed E-state index contributed by atoms with van der Waals surface area (Å²) in [5, 5.41) is 0.532. The summed E-state index contributed by atoms with van der Waals surface area (Å²) >= 11 is 11.7. The van der Waals surface area contributed by atoms with Crippen LogP contribution in [0.3, 0.4) is 0 Å². The topological polar surface area (TPSA) is 43.4 Å². The molecule has 3 nitrogen and oxygen atoms in total. The Labute approximate surface area is 128 Å². The number of rotatable bonds is 4. The number of hydrogen-bond donors (Lipinski definition) is 0. The molecule has 0 saturated heterocycles. The SMILES string of the molecule is CCc1ccc(S(=O)(=O)Oc2cc(Cl)ccc2Cl)cc1. The van der Waals surface area contributed by atoms with Crippen molar-refractivity contribution in [1.29, 1.82) is 0 Å². The highest BCUT2D eigenvalue weighted by Gasteiger charge is 2.18. The quantitative estimate of drug-likeness (QED) is 0.784. The zero-order valence-corrected chi connectivity index (χ0v) is 13.0. The van der Waals surface area contributed by atoms with Crippen LogP contribution in [0.2, 0.25) is 10.0 Å². The molecule has 0 aliphatic heterocycles. The van der Waals surface area contributed by atoms with E-state index in [1.165, 1.54) is 24.3 Å². The highest BCUT2D eigenvalue weighted by Crippen LogP contribution is 2.30. The van der Waals surface area contributed by atoms with E-state index >= 15 is 0 Å². The molecule has 0 atom stereocenters. The zero-order valence-electron chi connectivity index (χ0n) is 10.6. The second-order valence-corrected chi connectivity index (χ2v) is 6.50. The van der Waals surface area contributed by atoms with E-state index < -0.39 is 10.1 Å². The predicted octanol–water partition coefficient (Wildman–Crippen LogP) is 4.32. The number of hydrogen-bond acceptors (Lipinski definition) is 3. The molecule has 0 aliphatic carbocycles. The molecule has 0 bridgehead atoms. The highest BCUT2D eigenvalue weighted by molar-refractivity contribution is 7.87. The molecule has 0 amide bonds. The number of aryl methyl sites for hydroxylation is 1. The molecule has 2 aromatic carbocycles. The lowest BCUT2D eigenvalue weighted by Crippen LogP contribution is -2.10. The Morgan fingerprint density at radius 1 is 1.05 bits per heavy atom. The second kappa shape index (κ2) is 6.04. The van der Waals surface area contributed by atoms with E-state index in [1.807, 2.05) is 6.92 Å². The van der Waals surface area contributed by atoms with E-state index in [-0.39, 0.29) is 15.7 Å². The van der Waals surface area contributed by atoms with E-state index in [1.54, 1.807) is 18.2 Å². The Bertz CT molecular complexity index is 710. The minimum atomic E-state index is -3.92. The van der Waals surface area contributed by atoms with Crippen LogP contribution in [-0.4, -0.2) is 8.42 Å². The molecule has 106 valence electrons. The second-order valence-electron chi connectivity index (χ2n) is 4.11. The first-order valence-electron chi connectivity index (χ1n) is 5.91. The maximum Gasteiger partial charge on any atom is 0.339 e. The highest BCUT2D eigenvalue weighted by atomic mass is 35.5. The first-order valence-corrected chi connectivity index (χ1v) is 8.07. The minimum absolute atomic E-state index is 0.0127. The van der Waals surface area contributed by atoms with Gasteiger partial charge in [-0.15, -0.1) is 0 Å². The van der Waals surface area contributed by atoms with Crippen LogP contribution in [0.25, 0.3) is 0 Å². The molecule has 0 aliphatic rings. The van der Waals surface area contributed by atoms with E-state index in [0.29, 0.717) is 5.02 Å². The summed E-state index contributed by atoms with van der Waals surface area (Å²) in [7, 11) is -3.92. The summed E-state index contributed by atoms with van der Waals surface area (Å²) in [5.41, 5.74) is 1.05. The largest absolute Gasteiger partial charge is 0.377 e. The molecule has 6 heteroatoms. The van der Waals surface area contributed by atoms with Crippen molar-refractivity contribution in [3.63, 3.8) is 0 Å². The molecule has 0 N–H and O–H groups in total. The minimum Gasteiger partial charge on any atom is -0.377 e. The Morgan fingerprint density at radius 2 is 1.70 bits per heavy atom. The molecule has 0 saturated carbocycles. The standard InChI is InChI=1S/C14H12Cl2O3S/c1-2-10-3-6-12(7-4-10)20(17,18)19-14-9-11(15)5-8-13(14)16/h3-9H,2H2,1H3. The van der Waals surface area contributed by atoms with Crippen LogP contribution in [0.15, 0.2) is 47.4 Å². The molecule has 0 unspecified atom stereocenters. The summed E-state index contributed by atoms with van der Waals surface area (Å²) in [6.07, 6.45) is 0.835. The van der Waals surface area contributed by atoms with Crippen LogP contribution < -0.4 is 4.18 Å². The zero-order chi connectivity index (χ0) is 14.8. The van der Waals surface area contributed by atoms with E-state index in [2.05, 4.69) is 0 Å². The predicted molar refractivity (Wildman–Crippen MR) is 80.1 cm³/mol. The third-order valence-corrected chi connectivity index (χ3v) is 4.51. The third-order valence-electron chi connectivity index (χ3n) is 2.71. The van der Waals surface area contributed by atoms with Crippen LogP contribution in [0.1, 0.15) is 12.5 Å². The third kappa shape index (κ3) is 3.45. The number of benzene rings is 2. The van der Waals surface area contributed by atoms with Gasteiger partial charge in [0.15, 0.2) is 5.75 Å². The number of halogens is 2. The summed E-state index contributed by atoms with van der Waals surface area (Å²) in [6.45, 7) is 1.99. The molecule has 2 rings (SSSR count). The van der Waals surface area contributed by atoms with Gasteiger partial charge < -0.3 is 4.18 Å². The molecule has 0 spiro atoms. The van der Waals surface area contributed by atoms with Gasteiger partial charge in [-0.1, -0.05) is 42.3 Å². The van der Waals surface area contributed by atoms with Crippen LogP contribution in [0.4, 0.5) is 0 Å². The van der Waals surface area contributed by atoms with Crippen molar-refractivity contribution >= 4 is 33.3 Å². The Kier molecular flexibility index (Phi) is 4.58. The maximum absolute atomic E-state index is 12.1. The first kappa shape index (κ1) is 15.2. The molecular weight excluding hydrogens is 319 g/mol. The summed E-state index contributed by atoms with van der Waals surface area (Å²) in [6, 6.07) is 10.9. The fourth-order valence-electron chi connectivity index (χ4n) is 1.60. The normalized spacial score (nSPS) is 11.3. The summed E-state index contributed by atoms with van der Waals surface area (Å²) in [5.74, 6) is 0.0127. The average molecular weight is 331 g/mol. The van der Waals surface area contributed by atoms with Gasteiger partial charge in [-0.3, -0.25) is 0 Å². The van der Waals surface area contributed by atoms with E-state index in [9.17, 15) is 8.42 Å². The molecule has 20 heavy (non-hydrogen) atoms. The van der Waals surface area contributed by atoms with Crippen LogP contribution in [0, 0.1) is 0 Å². The average Bonchev–Trinajstić information content (AvgIpc) is 2.43. The maximum atomic E-state index is 12.1. The molecule has 0 aromatic heterocycles. The van der Waals surface area contributed by atoms with Crippen molar-refractivity contribution in [3.8, 4) is 5.75 Å². The van der Waals surface area contributed by atoms with E-state index in [4.69, 9.17) is 27.4 Å². The lowest BCUT2D eigenvalue weighted by molar-refractivity contribution is 0.486. The molecule has 0 fully saturated rings. The smallest absolute Gasteiger partial charge is 0.339 e. The molecule has 0 heterocycles. The van der Waals surface area contributed by atoms with Crippen LogP contribution >= 0.6 is 23.2 Å². The van der Waals surface area contributed by atoms with Crippen molar-refractivity contribution in [2.75, 3.05) is 0 Å². The van der Waals surface area contributed by atoms with Gasteiger partial charge in [-0.05, 0) is 36.2 Å². The van der Waals surface area contributed by atoms with Crippen molar-refractivity contribution in [2.45, 2.75) is 18.2 Å². The van der Waals surface area contributed by atoms with Gasteiger partial charge >= 0.3 is 10.1 Å². The van der Waals surface area contributed by atoms with E-state index in [0.717, 1.165) is 12.0 Å². The van der Waals surface area contributed by atoms with Gasteiger partial charge in [0.2, 0.25) is 0 Å². The lowest BCUT2D eigenvalue weighted by Gasteiger charge is -2.09. The van der Waals surface area contributed by atoms with Crippen molar-refractivity contribution in [1.82, 2.24) is 0 Å². The Hall–Kier alpha value is -1.23. The van der Waals surface area contributed by atoms with Crippen LogP contribution in [0.5, 0.6) is 5.75 Å². The lowest BCUT2D eigenvalue weighted by atomic mass is 10.2. The molecular formula is C14H12Cl2O3S. The first-order chi connectivity index (χ1) is 9.42. The monoisotopic (exact) mass is 330 g/mol. The molecule has 2 aromatic rings. The van der Waals surface area contributed by atoms with Gasteiger partial charge in [0, 0.05) is 11.1 Å². The van der Waals surface area contributed by atoms with Crippen molar-refractivity contribution in [3.05, 3.63) is 58.1 Å². The van der Waals surface area contributed by atoms with Gasteiger partial charge in [0.1, 0.15) is 4.90 Å². The summed E-state index contributed by atoms with van der Waals surface area (Å²) in [4.78, 5) is 0.0748. The molecule has 0 radical (unpaired) electrons. The fourth-order valence-corrected chi connectivity index (χ4v) is 2.90. The van der Waals surface area contributed by atoms with Gasteiger partial charge in [0.05, 0.1) is 5.02 Å². The Morgan fingerprint density at radius 3 is 2.30 bits per heavy atom. The fraction of sp³-hybridized carbons (Fsp3) is 0.143. The van der Waals surface area contributed by atoms with Crippen molar-refractivity contribution < 1.29 is 12.6 Å². The van der Waals surface area contributed by atoms with Gasteiger partial charge in [-0.2, -0.15) is 8.42 Å². The summed E-state index contributed by atoms with van der Waals surface area (Å²) < 4.78 is 29.3. The Balaban J connectivity index is 2.32. The van der Waals surface area contributed by atoms with Gasteiger partial charge in [0.25, 0.3) is 0 Å². The van der Waals surface area contributed by atoms with Gasteiger partial charge in [-0.25, -0.2) is 0 Å². The van der Waals surface area contributed by atoms with Crippen LogP contribution in [-0.2, 0) is 16.5 Å².